The van der Waals surface area contributed by atoms with Crippen molar-refractivity contribution < 1.29 is 0 Å². The highest BCUT2D eigenvalue weighted by molar-refractivity contribution is 14.1. The molecule has 0 aliphatic heterocycles. The van der Waals surface area contributed by atoms with Crippen LogP contribution in [0.4, 0.5) is 0 Å². The third-order valence-corrected chi connectivity index (χ3v) is 1.44. The van der Waals surface area contributed by atoms with Crippen LogP contribution in [0.2, 0.25) is 0 Å². The van der Waals surface area contributed by atoms with Crippen LogP contribution in [-0.2, 0) is 0 Å². The molecular weight excluding hydrogens is 195 g/mol. The maximum absolute atomic E-state index is 4.54. The largest absolute Gasteiger partial charge is 0.0923 e. The van der Waals surface area contributed by atoms with Gasteiger partial charge in [0.05, 0.1) is 0 Å². The van der Waals surface area contributed by atoms with Crippen molar-refractivity contribution in [2.24, 2.45) is 0 Å². The summed E-state index contributed by atoms with van der Waals surface area (Å²) in [5, 5.41) is 1.74. The number of thiocarbonyl (C=S) groups is 1. The van der Waals surface area contributed by atoms with Crippen molar-refractivity contribution in [1.29, 1.82) is 0 Å². The number of alkyl halides is 1. The quantitative estimate of drug-likeness (QED) is 0.353. The zero-order valence-electron chi connectivity index (χ0n) is 2.94. The van der Waals surface area contributed by atoms with E-state index >= 15 is 0 Å². The van der Waals surface area contributed by atoms with Crippen LogP contribution in [0, 0.1) is 0 Å². The van der Waals surface area contributed by atoms with Crippen LogP contribution in [0.25, 0.3) is 0 Å². The van der Waals surface area contributed by atoms with Crippen molar-refractivity contribution in [3.63, 3.8) is 0 Å². The van der Waals surface area contributed by atoms with Gasteiger partial charge in [0.15, 0.2) is 0 Å². The highest BCUT2D eigenvalue weighted by Crippen LogP contribution is 1.91. The second-order valence-electron chi connectivity index (χ2n) is 0.814. The molecule has 0 spiro atoms. The first kappa shape index (κ1) is 5.82. The standard InChI is InChI=1S/C3H5IS/c1-3(4)2-5/h2-3H,1H3. The van der Waals surface area contributed by atoms with Crippen LogP contribution in [-0.4, -0.2) is 9.29 Å². The highest BCUT2D eigenvalue weighted by Gasteiger charge is 1.78. The molecular formula is C3H5IS. The molecule has 0 saturated carbocycles. The summed E-state index contributed by atoms with van der Waals surface area (Å²) in [5.74, 6) is 0. The molecule has 0 rings (SSSR count). The fourth-order valence-electron chi connectivity index (χ4n) is 0. The van der Waals surface area contributed by atoms with Gasteiger partial charge in [-0.1, -0.05) is 34.8 Å². The number of hydrogen-bond donors (Lipinski definition) is 0. The first-order chi connectivity index (χ1) is 2.27. The molecule has 0 bridgehead atoms. The average Bonchev–Trinajstić information content (AvgIpc) is 1.38. The predicted octanol–water partition coefficient (Wildman–Crippen LogP) is 1.81. The molecule has 1 atom stereocenters. The molecule has 0 radical (unpaired) electrons. The van der Waals surface area contributed by atoms with Gasteiger partial charge in [0.1, 0.15) is 0 Å². The summed E-state index contributed by atoms with van der Waals surface area (Å²) in [6.45, 7) is 2.05. The summed E-state index contributed by atoms with van der Waals surface area (Å²) < 4.78 is 0.544. The van der Waals surface area contributed by atoms with Gasteiger partial charge >= 0.3 is 0 Å². The first-order valence-electron chi connectivity index (χ1n) is 1.36. The summed E-state index contributed by atoms with van der Waals surface area (Å²) in [6.07, 6.45) is 0. The number of hydrogen-bond acceptors (Lipinski definition) is 1. The van der Waals surface area contributed by atoms with Crippen molar-refractivity contribution >= 4 is 40.2 Å². The fraction of sp³-hybridized carbons (Fsp3) is 0.667. The van der Waals surface area contributed by atoms with E-state index in [1.165, 1.54) is 0 Å². The second-order valence-corrected chi connectivity index (χ2v) is 3.05. The summed E-state index contributed by atoms with van der Waals surface area (Å²) in [6, 6.07) is 0. The average molecular weight is 200 g/mol. The molecule has 5 heavy (non-hydrogen) atoms. The molecule has 0 heterocycles. The van der Waals surface area contributed by atoms with Crippen molar-refractivity contribution in [3.8, 4) is 0 Å². The molecule has 2 heteroatoms. The minimum Gasteiger partial charge on any atom is -0.0923 e. The maximum Gasteiger partial charge on any atom is 0.0364 e. The Labute approximate surface area is 51.1 Å². The Bertz CT molecular complexity index is 33.9. The molecule has 0 aliphatic rings. The third kappa shape index (κ3) is 4.82. The Hall–Kier alpha value is 0.820. The lowest BCUT2D eigenvalue weighted by Gasteiger charge is -1.79. The van der Waals surface area contributed by atoms with E-state index in [0.717, 1.165) is 0 Å². The molecule has 0 amide bonds. The van der Waals surface area contributed by atoms with Gasteiger partial charge in [-0.15, -0.1) is 0 Å². The van der Waals surface area contributed by atoms with Crippen LogP contribution >= 0.6 is 34.8 Å². The van der Waals surface area contributed by atoms with Crippen LogP contribution in [0.1, 0.15) is 6.92 Å². The van der Waals surface area contributed by atoms with Gasteiger partial charge < -0.3 is 0 Å². The van der Waals surface area contributed by atoms with E-state index in [0.29, 0.717) is 3.92 Å². The third-order valence-electron chi connectivity index (χ3n) is 0.188. The van der Waals surface area contributed by atoms with Crippen molar-refractivity contribution in [2.75, 3.05) is 0 Å². The van der Waals surface area contributed by atoms with E-state index in [2.05, 4.69) is 34.8 Å². The highest BCUT2D eigenvalue weighted by atomic mass is 127. The predicted molar refractivity (Wildman–Crippen MR) is 37.1 cm³/mol. The Morgan fingerprint density at radius 2 is 2.20 bits per heavy atom. The fourth-order valence-corrected chi connectivity index (χ4v) is 0. The molecule has 0 fully saturated rings. The van der Waals surface area contributed by atoms with E-state index < -0.39 is 0 Å². The Morgan fingerprint density at radius 3 is 2.20 bits per heavy atom. The molecule has 0 aromatic heterocycles. The smallest absolute Gasteiger partial charge is 0.0364 e. The normalized spacial score (nSPS) is 14.0. The van der Waals surface area contributed by atoms with Crippen molar-refractivity contribution in [3.05, 3.63) is 0 Å². The van der Waals surface area contributed by atoms with Gasteiger partial charge in [-0.05, 0) is 12.3 Å². The first-order valence-corrected chi connectivity index (χ1v) is 3.08. The minimum atomic E-state index is 0.544. The van der Waals surface area contributed by atoms with Crippen LogP contribution in [0.3, 0.4) is 0 Å². The van der Waals surface area contributed by atoms with Gasteiger partial charge in [-0.3, -0.25) is 0 Å². The molecule has 1 unspecified atom stereocenters. The minimum absolute atomic E-state index is 0.544. The van der Waals surface area contributed by atoms with E-state index in [4.69, 9.17) is 0 Å². The number of rotatable bonds is 1. The van der Waals surface area contributed by atoms with Gasteiger partial charge in [0.2, 0.25) is 0 Å². The van der Waals surface area contributed by atoms with Gasteiger partial charge in [-0.2, -0.15) is 0 Å². The van der Waals surface area contributed by atoms with E-state index in [1.807, 2.05) is 6.92 Å². The maximum atomic E-state index is 4.54. The van der Waals surface area contributed by atoms with Crippen LogP contribution < -0.4 is 0 Å². The lowest BCUT2D eigenvalue weighted by Crippen LogP contribution is -1.82. The van der Waals surface area contributed by atoms with Gasteiger partial charge in [0.25, 0.3) is 0 Å². The Balaban J connectivity index is 2.83. The summed E-state index contributed by atoms with van der Waals surface area (Å²) in [5.41, 5.74) is 0. The molecule has 30 valence electrons. The van der Waals surface area contributed by atoms with Crippen molar-refractivity contribution in [1.82, 2.24) is 0 Å². The lowest BCUT2D eigenvalue weighted by molar-refractivity contribution is 1.43. The monoisotopic (exact) mass is 200 g/mol. The molecule has 0 aromatic carbocycles. The summed E-state index contributed by atoms with van der Waals surface area (Å²) >= 11 is 6.79. The molecule has 0 nitrogen and oxygen atoms in total. The zero-order chi connectivity index (χ0) is 4.28. The number of halogens is 1. The van der Waals surface area contributed by atoms with Crippen LogP contribution in [0.5, 0.6) is 0 Å². The SMILES string of the molecule is CC(I)C=S. The van der Waals surface area contributed by atoms with Gasteiger partial charge in [-0.25, -0.2) is 0 Å². The van der Waals surface area contributed by atoms with Gasteiger partial charge in [0, 0.05) is 3.92 Å². The summed E-state index contributed by atoms with van der Waals surface area (Å²) in [4.78, 5) is 0. The summed E-state index contributed by atoms with van der Waals surface area (Å²) in [7, 11) is 0. The van der Waals surface area contributed by atoms with E-state index in [-0.39, 0.29) is 0 Å². The van der Waals surface area contributed by atoms with Crippen LogP contribution in [0.15, 0.2) is 0 Å². The van der Waals surface area contributed by atoms with E-state index in [1.54, 1.807) is 5.37 Å². The van der Waals surface area contributed by atoms with Crippen molar-refractivity contribution in [2.45, 2.75) is 10.8 Å². The molecule has 0 aliphatic carbocycles. The Kier molecular flexibility index (Phi) is 3.52. The second kappa shape index (κ2) is 3.03. The topological polar surface area (TPSA) is 0 Å². The molecule has 0 aromatic rings. The zero-order valence-corrected chi connectivity index (χ0v) is 5.91. The Morgan fingerprint density at radius 1 is 2.00 bits per heavy atom. The molecule has 0 N–H and O–H groups in total. The lowest BCUT2D eigenvalue weighted by atomic mass is 10.6. The molecule has 0 saturated heterocycles. The van der Waals surface area contributed by atoms with E-state index in [9.17, 15) is 0 Å².